The van der Waals surface area contributed by atoms with E-state index in [2.05, 4.69) is 10.2 Å². The summed E-state index contributed by atoms with van der Waals surface area (Å²) in [6, 6.07) is 7.17. The lowest BCUT2D eigenvalue weighted by Gasteiger charge is -2.10. The van der Waals surface area contributed by atoms with Crippen molar-refractivity contribution < 1.29 is 17.6 Å². The zero-order chi connectivity index (χ0) is 22.5. The van der Waals surface area contributed by atoms with E-state index in [0.29, 0.717) is 27.2 Å². The number of nitrogens with zero attached hydrogens (tertiary/aromatic N) is 4. The van der Waals surface area contributed by atoms with Crippen LogP contribution in [0, 0.1) is 5.82 Å². The van der Waals surface area contributed by atoms with Crippen LogP contribution in [0.1, 0.15) is 10.4 Å². The van der Waals surface area contributed by atoms with E-state index in [4.69, 9.17) is 23.2 Å². The molecule has 0 saturated heterocycles. The van der Waals surface area contributed by atoms with Gasteiger partial charge in [-0.25, -0.2) is 22.2 Å². The molecule has 4 aromatic rings. The van der Waals surface area contributed by atoms with Crippen molar-refractivity contribution in [2.24, 2.45) is 7.05 Å². The van der Waals surface area contributed by atoms with Crippen molar-refractivity contribution in [1.29, 1.82) is 0 Å². The summed E-state index contributed by atoms with van der Waals surface area (Å²) >= 11 is 12.5. The van der Waals surface area contributed by atoms with Gasteiger partial charge in [0.1, 0.15) is 11.5 Å². The maximum absolute atomic E-state index is 14.7. The number of amides is 1. The molecule has 1 amide bonds. The maximum atomic E-state index is 14.7. The summed E-state index contributed by atoms with van der Waals surface area (Å²) < 4.78 is 42.1. The number of nitrogens with one attached hydrogen (secondary N) is 1. The summed E-state index contributed by atoms with van der Waals surface area (Å²) in [5, 5.41) is 9.90. The Morgan fingerprint density at radius 2 is 1.94 bits per heavy atom. The number of sulfonamides is 1. The average molecular weight is 482 g/mol. The Kier molecular flexibility index (Phi) is 5.24. The highest BCUT2D eigenvalue weighted by Gasteiger charge is 2.22. The van der Waals surface area contributed by atoms with E-state index >= 15 is 0 Å². The largest absolute Gasteiger partial charge is 0.275 e. The number of rotatable bonds is 4. The van der Waals surface area contributed by atoms with Gasteiger partial charge in [-0.3, -0.25) is 9.48 Å². The van der Waals surface area contributed by atoms with E-state index in [1.165, 1.54) is 4.68 Å². The fourth-order valence-corrected chi connectivity index (χ4v) is 3.99. The van der Waals surface area contributed by atoms with Crippen molar-refractivity contribution in [1.82, 2.24) is 24.3 Å². The Balaban J connectivity index is 1.90. The van der Waals surface area contributed by atoms with Crippen molar-refractivity contribution in [2.45, 2.75) is 0 Å². The number of aryl methyl sites for hydroxylation is 1. The third-order valence-electron chi connectivity index (χ3n) is 4.41. The Morgan fingerprint density at radius 3 is 2.58 bits per heavy atom. The van der Waals surface area contributed by atoms with Crippen LogP contribution in [0.5, 0.6) is 0 Å². The Labute approximate surface area is 186 Å². The number of halogens is 3. The SMILES string of the molecule is Cn1cc(-c2nn(-c3cc(F)c(C(=O)NS(C)(=O)=O)cc3Cl)c3ccc(Cl)cc23)cn1. The van der Waals surface area contributed by atoms with E-state index in [1.807, 2.05) is 0 Å². The first-order chi connectivity index (χ1) is 14.5. The van der Waals surface area contributed by atoms with Crippen LogP contribution in [0.25, 0.3) is 27.8 Å². The van der Waals surface area contributed by atoms with Gasteiger partial charge in [-0.05, 0) is 24.3 Å². The van der Waals surface area contributed by atoms with Gasteiger partial charge >= 0.3 is 0 Å². The van der Waals surface area contributed by atoms with Gasteiger partial charge in [0.25, 0.3) is 5.91 Å². The van der Waals surface area contributed by atoms with Crippen LogP contribution in [0.3, 0.4) is 0 Å². The summed E-state index contributed by atoms with van der Waals surface area (Å²) in [6.07, 6.45) is 4.20. The van der Waals surface area contributed by atoms with Crippen LogP contribution in [0.15, 0.2) is 42.7 Å². The summed E-state index contributed by atoms with van der Waals surface area (Å²) in [5.74, 6) is -2.08. The molecule has 0 spiro atoms. The van der Waals surface area contributed by atoms with E-state index in [9.17, 15) is 17.6 Å². The quantitative estimate of drug-likeness (QED) is 0.480. The number of hydrogen-bond donors (Lipinski definition) is 1. The summed E-state index contributed by atoms with van der Waals surface area (Å²) in [4.78, 5) is 12.1. The van der Waals surface area contributed by atoms with Gasteiger partial charge in [0.05, 0.1) is 34.2 Å². The molecule has 2 aromatic carbocycles. The van der Waals surface area contributed by atoms with Crippen molar-refractivity contribution in [3.63, 3.8) is 0 Å². The number of benzene rings is 2. The Hall–Kier alpha value is -2.95. The lowest BCUT2D eigenvalue weighted by molar-refractivity contribution is 0.0978. The zero-order valence-corrected chi connectivity index (χ0v) is 18.4. The smallest absolute Gasteiger partial charge is 0.267 e. The number of carbonyl (C=O) groups is 1. The molecule has 31 heavy (non-hydrogen) atoms. The zero-order valence-electron chi connectivity index (χ0n) is 16.1. The summed E-state index contributed by atoms with van der Waals surface area (Å²) in [5.41, 5.74) is 1.52. The van der Waals surface area contributed by atoms with Gasteiger partial charge in [0.2, 0.25) is 10.0 Å². The van der Waals surface area contributed by atoms with E-state index < -0.39 is 27.3 Å². The molecular weight excluding hydrogens is 468 g/mol. The highest BCUT2D eigenvalue weighted by Crippen LogP contribution is 2.34. The third kappa shape index (κ3) is 4.14. The highest BCUT2D eigenvalue weighted by atomic mass is 35.5. The van der Waals surface area contributed by atoms with Gasteiger partial charge in [0, 0.05) is 35.3 Å². The molecule has 1 N–H and O–H groups in total. The molecule has 8 nitrogen and oxygen atoms in total. The second-order valence-electron chi connectivity index (χ2n) is 6.81. The molecule has 4 rings (SSSR count). The van der Waals surface area contributed by atoms with E-state index in [-0.39, 0.29) is 10.7 Å². The lowest BCUT2D eigenvalue weighted by atomic mass is 10.1. The minimum atomic E-state index is -3.87. The Morgan fingerprint density at radius 1 is 1.19 bits per heavy atom. The van der Waals surface area contributed by atoms with Crippen LogP contribution in [0.2, 0.25) is 10.0 Å². The van der Waals surface area contributed by atoms with Gasteiger partial charge in [0.15, 0.2) is 0 Å². The van der Waals surface area contributed by atoms with Crippen LogP contribution in [-0.2, 0) is 17.1 Å². The fourth-order valence-electron chi connectivity index (χ4n) is 3.13. The minimum absolute atomic E-state index is 0.00265. The molecule has 0 saturated carbocycles. The molecular formula is C19H14Cl2FN5O3S. The van der Waals surface area contributed by atoms with Crippen LogP contribution in [-0.4, -0.2) is 40.1 Å². The second-order valence-corrected chi connectivity index (χ2v) is 9.40. The normalized spacial score (nSPS) is 11.8. The maximum Gasteiger partial charge on any atom is 0.267 e. The molecule has 0 bridgehead atoms. The molecule has 160 valence electrons. The minimum Gasteiger partial charge on any atom is -0.275 e. The standard InChI is InChI=1S/C19H14Cl2FN5O3S/c1-26-9-10(8-23-26)18-13-5-11(20)3-4-16(13)27(24-18)17-7-15(22)12(6-14(17)21)19(28)25-31(2,29)30/h3-9H,1-2H3,(H,25,28). The molecule has 2 heterocycles. The van der Waals surface area contributed by atoms with Crippen molar-refractivity contribution in [2.75, 3.05) is 6.26 Å². The van der Waals surface area contributed by atoms with Crippen molar-refractivity contribution in [3.05, 3.63) is 64.2 Å². The molecule has 0 radical (unpaired) electrons. The van der Waals surface area contributed by atoms with Crippen LogP contribution >= 0.6 is 23.2 Å². The second kappa shape index (κ2) is 7.63. The van der Waals surface area contributed by atoms with Gasteiger partial charge < -0.3 is 0 Å². The molecule has 0 unspecified atom stereocenters. The predicted molar refractivity (Wildman–Crippen MR) is 116 cm³/mol. The number of aromatic nitrogens is 4. The first-order valence-electron chi connectivity index (χ1n) is 8.72. The van der Waals surface area contributed by atoms with Crippen LogP contribution < -0.4 is 4.72 Å². The van der Waals surface area contributed by atoms with Crippen molar-refractivity contribution >= 4 is 50.0 Å². The van der Waals surface area contributed by atoms with Gasteiger partial charge in [-0.15, -0.1) is 0 Å². The van der Waals surface area contributed by atoms with E-state index in [1.54, 1.807) is 47.0 Å². The lowest BCUT2D eigenvalue weighted by Crippen LogP contribution is -2.30. The highest BCUT2D eigenvalue weighted by molar-refractivity contribution is 7.89. The first-order valence-corrected chi connectivity index (χ1v) is 11.4. The number of hydrogen-bond acceptors (Lipinski definition) is 5. The number of carbonyl (C=O) groups excluding carboxylic acids is 1. The van der Waals surface area contributed by atoms with Crippen LogP contribution in [0.4, 0.5) is 4.39 Å². The number of fused-ring (bicyclic) bond motifs is 1. The van der Waals surface area contributed by atoms with Gasteiger partial charge in [-0.1, -0.05) is 23.2 Å². The molecule has 0 aliphatic rings. The molecule has 0 aliphatic heterocycles. The van der Waals surface area contributed by atoms with Gasteiger partial charge in [-0.2, -0.15) is 10.2 Å². The predicted octanol–water partition coefficient (Wildman–Crippen LogP) is 3.56. The average Bonchev–Trinajstić information content (AvgIpc) is 3.25. The summed E-state index contributed by atoms with van der Waals surface area (Å²) in [6.45, 7) is 0. The fraction of sp³-hybridized carbons (Fsp3) is 0.105. The molecule has 0 aliphatic carbocycles. The van der Waals surface area contributed by atoms with E-state index in [0.717, 1.165) is 18.4 Å². The molecule has 0 fully saturated rings. The summed E-state index contributed by atoms with van der Waals surface area (Å²) in [7, 11) is -2.10. The molecule has 2 aromatic heterocycles. The molecule has 12 heteroatoms. The monoisotopic (exact) mass is 481 g/mol. The van der Waals surface area contributed by atoms with Crippen molar-refractivity contribution in [3.8, 4) is 16.9 Å². The Bertz CT molecular complexity index is 1460. The first kappa shape index (κ1) is 21.3. The third-order valence-corrected chi connectivity index (χ3v) is 5.50. The molecule has 0 atom stereocenters. The topological polar surface area (TPSA) is 98.9 Å².